The first-order valence-corrected chi connectivity index (χ1v) is 10.7. The quantitative estimate of drug-likeness (QED) is 0.459. The van der Waals surface area contributed by atoms with Gasteiger partial charge < -0.3 is 10.1 Å². The molecule has 4 aromatic rings. The third-order valence-electron chi connectivity index (χ3n) is 5.23. The van der Waals surface area contributed by atoms with E-state index in [9.17, 15) is 14.4 Å². The lowest BCUT2D eigenvalue weighted by atomic mass is 9.92. The first-order valence-electron chi connectivity index (χ1n) is 10.7. The Hall–Kier alpha value is -4.27. The molecule has 0 radical (unpaired) electrons. The van der Waals surface area contributed by atoms with Gasteiger partial charge in [-0.3, -0.25) is 9.59 Å². The number of nitrogens with one attached hydrogen (secondary N) is 1. The first-order chi connectivity index (χ1) is 16.1. The Bertz CT molecular complexity index is 1430. The van der Waals surface area contributed by atoms with E-state index in [0.717, 1.165) is 16.1 Å². The number of amides is 1. The van der Waals surface area contributed by atoms with Crippen LogP contribution in [0.15, 0.2) is 65.5 Å². The van der Waals surface area contributed by atoms with Gasteiger partial charge in [0.05, 0.1) is 16.8 Å². The molecular weight excluding hydrogens is 434 g/mol. The van der Waals surface area contributed by atoms with Gasteiger partial charge in [-0.25, -0.2) is 14.2 Å². The van der Waals surface area contributed by atoms with E-state index < -0.39 is 18.5 Å². The molecule has 9 nitrogen and oxygen atoms in total. The molecular formula is C25H25N5O4. The SMILES string of the molecule is Cn1nc(C(=O)OCC(=O)Nc2cc(C(C)(C)C)nn2-c2ccccc2)c2ccccc2c1=O. The summed E-state index contributed by atoms with van der Waals surface area (Å²) in [5.74, 6) is -0.864. The van der Waals surface area contributed by atoms with Crippen molar-refractivity contribution in [2.24, 2.45) is 7.05 Å². The molecule has 0 aliphatic heterocycles. The van der Waals surface area contributed by atoms with Crippen LogP contribution in [0.2, 0.25) is 0 Å². The number of carbonyl (C=O) groups excluding carboxylic acids is 2. The molecule has 2 aromatic carbocycles. The van der Waals surface area contributed by atoms with Crippen molar-refractivity contribution in [2.75, 3.05) is 11.9 Å². The molecule has 0 spiro atoms. The number of anilines is 1. The second-order valence-electron chi connectivity index (χ2n) is 8.86. The molecule has 0 saturated heterocycles. The fraction of sp³-hybridized carbons (Fsp3) is 0.240. The van der Waals surface area contributed by atoms with Gasteiger partial charge in [0.15, 0.2) is 12.3 Å². The lowest BCUT2D eigenvalue weighted by molar-refractivity contribution is -0.119. The van der Waals surface area contributed by atoms with Gasteiger partial charge in [0, 0.05) is 23.9 Å². The van der Waals surface area contributed by atoms with Gasteiger partial charge in [-0.2, -0.15) is 10.2 Å². The molecule has 1 N–H and O–H groups in total. The zero-order valence-electron chi connectivity index (χ0n) is 19.4. The van der Waals surface area contributed by atoms with Crippen LogP contribution in [0.25, 0.3) is 16.5 Å². The van der Waals surface area contributed by atoms with E-state index in [1.807, 2.05) is 51.1 Å². The van der Waals surface area contributed by atoms with E-state index >= 15 is 0 Å². The first kappa shape index (κ1) is 22.9. The molecule has 0 aliphatic carbocycles. The van der Waals surface area contributed by atoms with E-state index in [-0.39, 0.29) is 16.7 Å². The number of esters is 1. The molecule has 0 bridgehead atoms. The predicted octanol–water partition coefficient (Wildman–Crippen LogP) is 3.21. The van der Waals surface area contributed by atoms with Crippen molar-refractivity contribution in [3.8, 4) is 5.69 Å². The summed E-state index contributed by atoms with van der Waals surface area (Å²) in [7, 11) is 1.45. The predicted molar refractivity (Wildman–Crippen MR) is 128 cm³/mol. The average molecular weight is 460 g/mol. The number of nitrogens with zero attached hydrogens (tertiary/aromatic N) is 4. The highest BCUT2D eigenvalue weighted by Gasteiger charge is 2.22. The number of carbonyl (C=O) groups is 2. The maximum absolute atomic E-state index is 12.7. The van der Waals surface area contributed by atoms with Crippen molar-refractivity contribution in [3.05, 3.63) is 82.4 Å². The number of para-hydroxylation sites is 1. The molecule has 0 fully saturated rings. The fourth-order valence-electron chi connectivity index (χ4n) is 3.43. The topological polar surface area (TPSA) is 108 Å². The van der Waals surface area contributed by atoms with Crippen molar-refractivity contribution in [3.63, 3.8) is 0 Å². The zero-order valence-corrected chi connectivity index (χ0v) is 19.4. The molecule has 4 rings (SSSR count). The molecule has 1 amide bonds. The van der Waals surface area contributed by atoms with Crippen LogP contribution in [-0.4, -0.2) is 38.0 Å². The summed E-state index contributed by atoms with van der Waals surface area (Å²) >= 11 is 0. The van der Waals surface area contributed by atoms with Gasteiger partial charge >= 0.3 is 5.97 Å². The highest BCUT2D eigenvalue weighted by Crippen LogP contribution is 2.26. The van der Waals surface area contributed by atoms with Gasteiger partial charge in [0.1, 0.15) is 5.82 Å². The van der Waals surface area contributed by atoms with Crippen molar-refractivity contribution in [1.29, 1.82) is 0 Å². The zero-order chi connectivity index (χ0) is 24.5. The Balaban J connectivity index is 1.54. The monoisotopic (exact) mass is 459 g/mol. The summed E-state index contributed by atoms with van der Waals surface area (Å²) < 4.78 is 7.94. The minimum absolute atomic E-state index is 0.0325. The molecule has 0 atom stereocenters. The standard InChI is InChI=1S/C25H25N5O4/c1-25(2,3)19-14-20(30(27-19)16-10-6-5-7-11-16)26-21(31)15-34-24(33)22-17-12-8-9-13-18(17)23(32)29(4)28-22/h5-14H,15H2,1-4H3,(H,26,31). The van der Waals surface area contributed by atoms with Crippen molar-refractivity contribution >= 4 is 28.5 Å². The maximum Gasteiger partial charge on any atom is 0.359 e. The summed E-state index contributed by atoms with van der Waals surface area (Å²) in [6.07, 6.45) is 0. The molecule has 0 saturated carbocycles. The largest absolute Gasteiger partial charge is 0.451 e. The highest BCUT2D eigenvalue weighted by atomic mass is 16.5. The van der Waals surface area contributed by atoms with Crippen LogP contribution in [0.4, 0.5) is 5.82 Å². The molecule has 174 valence electrons. The van der Waals surface area contributed by atoms with Crippen LogP contribution in [0.5, 0.6) is 0 Å². The normalized spacial score (nSPS) is 11.4. The molecule has 0 aliphatic rings. The summed E-state index contributed by atoms with van der Waals surface area (Å²) in [4.78, 5) is 37.6. The third-order valence-corrected chi connectivity index (χ3v) is 5.23. The minimum Gasteiger partial charge on any atom is -0.451 e. The summed E-state index contributed by atoms with van der Waals surface area (Å²) in [5, 5.41) is 12.2. The second kappa shape index (κ2) is 8.93. The van der Waals surface area contributed by atoms with Crippen molar-refractivity contribution < 1.29 is 14.3 Å². The van der Waals surface area contributed by atoms with E-state index in [1.165, 1.54) is 7.05 Å². The van der Waals surface area contributed by atoms with Gasteiger partial charge in [0.2, 0.25) is 0 Å². The van der Waals surface area contributed by atoms with Crippen molar-refractivity contribution in [2.45, 2.75) is 26.2 Å². The van der Waals surface area contributed by atoms with Gasteiger partial charge in [-0.05, 0) is 18.2 Å². The molecule has 9 heteroatoms. The Morgan fingerprint density at radius 3 is 2.29 bits per heavy atom. The van der Waals surface area contributed by atoms with Crippen LogP contribution in [-0.2, 0) is 22.0 Å². The minimum atomic E-state index is -0.797. The number of ether oxygens (including phenoxy) is 1. The Morgan fingerprint density at radius 1 is 0.971 bits per heavy atom. The molecule has 2 heterocycles. The highest BCUT2D eigenvalue weighted by molar-refractivity contribution is 6.03. The number of fused-ring (bicyclic) bond motifs is 1. The second-order valence-corrected chi connectivity index (χ2v) is 8.86. The molecule has 34 heavy (non-hydrogen) atoms. The van der Waals surface area contributed by atoms with Crippen molar-refractivity contribution in [1.82, 2.24) is 19.6 Å². The van der Waals surface area contributed by atoms with Gasteiger partial charge in [-0.1, -0.05) is 57.2 Å². The van der Waals surface area contributed by atoms with E-state index in [1.54, 1.807) is 35.0 Å². The van der Waals surface area contributed by atoms with Crippen LogP contribution in [0, 0.1) is 0 Å². The Labute approximate surface area is 196 Å². The maximum atomic E-state index is 12.7. The Kier molecular flexibility index (Phi) is 6.02. The van der Waals surface area contributed by atoms with E-state index in [4.69, 9.17) is 4.74 Å². The summed E-state index contributed by atoms with van der Waals surface area (Å²) in [6, 6.07) is 17.8. The molecule has 2 aromatic heterocycles. The summed E-state index contributed by atoms with van der Waals surface area (Å²) in [5.41, 5.74) is 0.987. The number of aryl methyl sites for hydroxylation is 1. The van der Waals surface area contributed by atoms with Crippen LogP contribution in [0.1, 0.15) is 37.0 Å². The number of hydrogen-bond acceptors (Lipinski definition) is 6. The lowest BCUT2D eigenvalue weighted by Crippen LogP contribution is -2.26. The van der Waals surface area contributed by atoms with E-state index in [0.29, 0.717) is 16.6 Å². The Morgan fingerprint density at radius 2 is 1.62 bits per heavy atom. The fourth-order valence-corrected chi connectivity index (χ4v) is 3.43. The number of benzene rings is 2. The van der Waals surface area contributed by atoms with E-state index in [2.05, 4.69) is 15.5 Å². The van der Waals surface area contributed by atoms with Crippen LogP contribution >= 0.6 is 0 Å². The number of rotatable bonds is 5. The average Bonchev–Trinajstić information content (AvgIpc) is 3.25. The third kappa shape index (κ3) is 4.59. The number of hydrogen-bond donors (Lipinski definition) is 1. The van der Waals surface area contributed by atoms with Gasteiger partial charge in [0.25, 0.3) is 11.5 Å². The van der Waals surface area contributed by atoms with Crippen LogP contribution < -0.4 is 10.9 Å². The lowest BCUT2D eigenvalue weighted by Gasteiger charge is -2.14. The summed E-state index contributed by atoms with van der Waals surface area (Å²) in [6.45, 7) is 5.57. The number of aromatic nitrogens is 4. The van der Waals surface area contributed by atoms with Gasteiger partial charge in [-0.15, -0.1) is 0 Å². The van der Waals surface area contributed by atoms with Crippen LogP contribution in [0.3, 0.4) is 0 Å². The molecule has 0 unspecified atom stereocenters. The smallest absolute Gasteiger partial charge is 0.359 e.